The minimum absolute atomic E-state index is 0.593. The van der Waals surface area contributed by atoms with Gasteiger partial charge in [-0.3, -0.25) is 5.01 Å². The number of hydrogen-bond donors (Lipinski definition) is 1. The van der Waals surface area contributed by atoms with E-state index in [9.17, 15) is 0 Å². The molecule has 28 heavy (non-hydrogen) atoms. The molecule has 1 heterocycles. The van der Waals surface area contributed by atoms with Gasteiger partial charge >= 0.3 is 0 Å². The summed E-state index contributed by atoms with van der Waals surface area (Å²) in [4.78, 5) is 1.60. The van der Waals surface area contributed by atoms with Crippen LogP contribution in [0.5, 0.6) is 17.2 Å². The minimum atomic E-state index is 0.593. The molecule has 6 heteroatoms. The molecule has 3 rings (SSSR count). The molecule has 0 bridgehead atoms. The SMILES string of the molecule is COc1cc(/C=N\N2CC[NH+](Cc3ccc(C)cc3)CC2)cc(OC)c1OC. The lowest BCUT2D eigenvalue weighted by atomic mass is 10.1. The molecule has 0 aromatic heterocycles. The number of aryl methyl sites for hydroxylation is 1. The van der Waals surface area contributed by atoms with Gasteiger partial charge in [0, 0.05) is 11.1 Å². The average molecular weight is 385 g/mol. The summed E-state index contributed by atoms with van der Waals surface area (Å²) < 4.78 is 16.2. The van der Waals surface area contributed by atoms with Gasteiger partial charge in [0.2, 0.25) is 5.75 Å². The summed E-state index contributed by atoms with van der Waals surface area (Å²) >= 11 is 0. The maximum Gasteiger partial charge on any atom is 0.203 e. The molecule has 0 unspecified atom stereocenters. The molecule has 0 radical (unpaired) electrons. The van der Waals surface area contributed by atoms with Crippen LogP contribution in [0, 0.1) is 6.92 Å². The Morgan fingerprint density at radius 1 is 0.964 bits per heavy atom. The Morgan fingerprint density at radius 2 is 1.57 bits per heavy atom. The van der Waals surface area contributed by atoms with Crippen molar-refractivity contribution in [1.29, 1.82) is 0 Å². The van der Waals surface area contributed by atoms with Gasteiger partial charge in [0.15, 0.2) is 11.5 Å². The van der Waals surface area contributed by atoms with Crippen LogP contribution in [0.25, 0.3) is 0 Å². The van der Waals surface area contributed by atoms with E-state index in [2.05, 4.69) is 41.3 Å². The molecule has 0 atom stereocenters. The van der Waals surface area contributed by atoms with Crippen LogP contribution in [0.15, 0.2) is 41.5 Å². The van der Waals surface area contributed by atoms with Crippen LogP contribution in [0.3, 0.4) is 0 Å². The minimum Gasteiger partial charge on any atom is -0.493 e. The van der Waals surface area contributed by atoms with Crippen molar-refractivity contribution in [2.75, 3.05) is 47.5 Å². The molecule has 1 N–H and O–H groups in total. The van der Waals surface area contributed by atoms with Crippen LogP contribution in [0.1, 0.15) is 16.7 Å². The van der Waals surface area contributed by atoms with Gasteiger partial charge < -0.3 is 19.1 Å². The number of quaternary nitrogens is 1. The normalized spacial score (nSPS) is 15.1. The predicted octanol–water partition coefficient (Wildman–Crippen LogP) is 1.76. The Morgan fingerprint density at radius 3 is 2.11 bits per heavy atom. The van der Waals surface area contributed by atoms with E-state index in [-0.39, 0.29) is 0 Å². The summed E-state index contributed by atoms with van der Waals surface area (Å²) in [7, 11) is 4.84. The monoisotopic (exact) mass is 384 g/mol. The standard InChI is InChI=1S/C22H29N3O3/c1-17-5-7-18(8-6-17)16-24-9-11-25(12-10-24)23-15-19-13-20(26-2)22(28-4)21(14-19)27-3/h5-8,13-15H,9-12,16H2,1-4H3/p+1/b23-15-. The molecule has 2 aromatic rings. The van der Waals surface area contributed by atoms with E-state index in [0.717, 1.165) is 38.3 Å². The third-order valence-electron chi connectivity index (χ3n) is 5.08. The van der Waals surface area contributed by atoms with Crippen molar-refractivity contribution >= 4 is 6.21 Å². The highest BCUT2D eigenvalue weighted by Crippen LogP contribution is 2.37. The summed E-state index contributed by atoms with van der Waals surface area (Å²) in [6, 6.07) is 12.7. The second kappa shape index (κ2) is 9.46. The van der Waals surface area contributed by atoms with Crippen LogP contribution in [0.2, 0.25) is 0 Å². The largest absolute Gasteiger partial charge is 0.493 e. The Labute approximate surface area is 167 Å². The molecule has 1 saturated heterocycles. The lowest BCUT2D eigenvalue weighted by Crippen LogP contribution is -3.13. The Balaban J connectivity index is 1.58. The second-order valence-corrected chi connectivity index (χ2v) is 7.07. The first kappa shape index (κ1) is 20.0. The van der Waals surface area contributed by atoms with E-state index in [4.69, 9.17) is 14.2 Å². The highest BCUT2D eigenvalue weighted by molar-refractivity contribution is 5.82. The van der Waals surface area contributed by atoms with E-state index in [1.54, 1.807) is 26.2 Å². The number of benzene rings is 2. The van der Waals surface area contributed by atoms with Crippen LogP contribution in [-0.4, -0.2) is 58.7 Å². The molecule has 6 nitrogen and oxygen atoms in total. The first-order chi connectivity index (χ1) is 13.6. The summed E-state index contributed by atoms with van der Waals surface area (Å²) in [6.45, 7) is 7.26. The van der Waals surface area contributed by atoms with Crippen molar-refractivity contribution in [2.24, 2.45) is 5.10 Å². The molecule has 0 aliphatic carbocycles. The number of hydrogen-bond acceptors (Lipinski definition) is 5. The van der Waals surface area contributed by atoms with Gasteiger partial charge in [-0.1, -0.05) is 29.8 Å². The molecule has 1 fully saturated rings. The van der Waals surface area contributed by atoms with Gasteiger partial charge in [-0.25, -0.2) is 0 Å². The Bertz CT molecular complexity index is 772. The van der Waals surface area contributed by atoms with Crippen molar-refractivity contribution in [2.45, 2.75) is 13.5 Å². The number of methoxy groups -OCH3 is 3. The molecule has 1 aliphatic heterocycles. The van der Waals surface area contributed by atoms with Gasteiger partial charge in [-0.15, -0.1) is 0 Å². The number of rotatable bonds is 7. The fourth-order valence-electron chi connectivity index (χ4n) is 3.42. The lowest BCUT2D eigenvalue weighted by Gasteiger charge is -2.30. The van der Waals surface area contributed by atoms with Gasteiger partial charge in [-0.2, -0.15) is 5.10 Å². The van der Waals surface area contributed by atoms with E-state index in [1.807, 2.05) is 18.3 Å². The predicted molar refractivity (Wildman–Crippen MR) is 111 cm³/mol. The van der Waals surface area contributed by atoms with Gasteiger partial charge in [0.25, 0.3) is 0 Å². The smallest absolute Gasteiger partial charge is 0.203 e. The number of piperazine rings is 1. The molecule has 0 amide bonds. The van der Waals surface area contributed by atoms with Crippen LogP contribution in [-0.2, 0) is 6.54 Å². The zero-order valence-corrected chi connectivity index (χ0v) is 17.2. The van der Waals surface area contributed by atoms with E-state index in [0.29, 0.717) is 17.2 Å². The molecule has 1 aliphatic rings. The van der Waals surface area contributed by atoms with Crippen molar-refractivity contribution in [1.82, 2.24) is 5.01 Å². The van der Waals surface area contributed by atoms with Crippen LogP contribution in [0.4, 0.5) is 0 Å². The maximum absolute atomic E-state index is 5.41. The van der Waals surface area contributed by atoms with Crippen molar-refractivity contribution < 1.29 is 19.1 Å². The Hall–Kier alpha value is -2.73. The zero-order chi connectivity index (χ0) is 19.9. The third-order valence-corrected chi connectivity index (χ3v) is 5.08. The van der Waals surface area contributed by atoms with Crippen molar-refractivity contribution in [3.05, 3.63) is 53.1 Å². The summed E-state index contributed by atoms with van der Waals surface area (Å²) in [5.74, 6) is 1.86. The second-order valence-electron chi connectivity index (χ2n) is 7.07. The van der Waals surface area contributed by atoms with Crippen molar-refractivity contribution in [3.63, 3.8) is 0 Å². The quantitative estimate of drug-likeness (QED) is 0.739. The van der Waals surface area contributed by atoms with E-state index < -0.39 is 0 Å². The molecule has 0 spiro atoms. The van der Waals surface area contributed by atoms with E-state index >= 15 is 0 Å². The number of nitrogens with zero attached hydrogens (tertiary/aromatic N) is 2. The fourth-order valence-corrected chi connectivity index (χ4v) is 3.42. The number of nitrogens with one attached hydrogen (secondary N) is 1. The molecule has 2 aromatic carbocycles. The third kappa shape index (κ3) is 4.95. The van der Waals surface area contributed by atoms with Crippen LogP contribution < -0.4 is 19.1 Å². The molecular formula is C22H30N3O3+. The maximum atomic E-state index is 5.41. The highest BCUT2D eigenvalue weighted by atomic mass is 16.5. The number of ether oxygens (including phenoxy) is 3. The number of hydrazone groups is 1. The van der Waals surface area contributed by atoms with E-state index in [1.165, 1.54) is 11.1 Å². The van der Waals surface area contributed by atoms with Gasteiger partial charge in [-0.05, 0) is 19.1 Å². The highest BCUT2D eigenvalue weighted by Gasteiger charge is 2.19. The first-order valence-electron chi connectivity index (χ1n) is 9.61. The molecule has 150 valence electrons. The first-order valence-corrected chi connectivity index (χ1v) is 9.61. The van der Waals surface area contributed by atoms with Crippen molar-refractivity contribution in [3.8, 4) is 17.2 Å². The van der Waals surface area contributed by atoms with Gasteiger partial charge in [0.05, 0.1) is 53.7 Å². The topological polar surface area (TPSA) is 47.7 Å². The average Bonchev–Trinajstić information content (AvgIpc) is 2.74. The summed E-state index contributed by atoms with van der Waals surface area (Å²) in [5, 5.41) is 6.78. The fraction of sp³-hybridized carbons (Fsp3) is 0.409. The Kier molecular flexibility index (Phi) is 6.76. The van der Waals surface area contributed by atoms with Gasteiger partial charge in [0.1, 0.15) is 6.54 Å². The summed E-state index contributed by atoms with van der Waals surface area (Å²) in [5.41, 5.74) is 3.63. The lowest BCUT2D eigenvalue weighted by molar-refractivity contribution is -0.918. The zero-order valence-electron chi connectivity index (χ0n) is 17.2. The molecular weight excluding hydrogens is 354 g/mol. The molecule has 0 saturated carbocycles. The summed E-state index contributed by atoms with van der Waals surface area (Å²) in [6.07, 6.45) is 1.86. The van der Waals surface area contributed by atoms with Crippen LogP contribution >= 0.6 is 0 Å².